The molecule has 0 aliphatic carbocycles. The lowest BCUT2D eigenvalue weighted by atomic mass is 9.98. The topological polar surface area (TPSA) is 56.3 Å². The lowest BCUT2D eigenvalue weighted by Gasteiger charge is -2.14. The van der Waals surface area contributed by atoms with Gasteiger partial charge in [-0.15, -0.1) is 0 Å². The summed E-state index contributed by atoms with van der Waals surface area (Å²) in [5.74, 6) is -0.664. The van der Waals surface area contributed by atoms with Gasteiger partial charge in [0, 0.05) is 11.1 Å². The van der Waals surface area contributed by atoms with E-state index in [0.717, 1.165) is 0 Å². The van der Waals surface area contributed by atoms with Crippen molar-refractivity contribution in [2.24, 2.45) is 0 Å². The number of nitrogens with zero attached hydrogens (tertiary/aromatic N) is 1. The molecule has 2 rings (SSSR count). The molecule has 0 saturated carbocycles. The Morgan fingerprint density at radius 1 is 1.15 bits per heavy atom. The van der Waals surface area contributed by atoms with E-state index in [1.807, 2.05) is 18.2 Å². The number of hydrogen-bond acceptors (Lipinski definition) is 4. The molecule has 0 bridgehead atoms. The molecule has 0 aliphatic heterocycles. The molecule has 1 aromatic carbocycles. The van der Waals surface area contributed by atoms with Crippen LogP contribution in [0.5, 0.6) is 0 Å². The molecule has 0 saturated heterocycles. The summed E-state index contributed by atoms with van der Waals surface area (Å²) in [5, 5.41) is 0.647. The van der Waals surface area contributed by atoms with Crippen molar-refractivity contribution >= 4 is 22.7 Å². The lowest BCUT2D eigenvalue weighted by molar-refractivity contribution is 0.0377. The first-order valence-corrected chi connectivity index (χ1v) is 6.53. The molecule has 1 heterocycles. The number of rotatable bonds is 3. The van der Waals surface area contributed by atoms with E-state index < -0.39 is 5.97 Å². The molecule has 0 atom stereocenters. The molecule has 104 valence electrons. The van der Waals surface area contributed by atoms with Gasteiger partial charge in [-0.25, -0.2) is 4.79 Å². The predicted molar refractivity (Wildman–Crippen MR) is 77.0 cm³/mol. The van der Waals surface area contributed by atoms with Gasteiger partial charge >= 0.3 is 5.97 Å². The summed E-state index contributed by atoms with van der Waals surface area (Å²) >= 11 is 0. The van der Waals surface area contributed by atoms with Gasteiger partial charge < -0.3 is 4.74 Å². The highest BCUT2D eigenvalue weighted by Crippen LogP contribution is 2.25. The minimum absolute atomic E-state index is 0.184. The van der Waals surface area contributed by atoms with E-state index in [1.54, 1.807) is 26.8 Å². The SMILES string of the molecule is CC(=O)c1c(C)nc2ccccc2c1C(=O)OC(C)C. The van der Waals surface area contributed by atoms with Crippen molar-refractivity contribution in [2.45, 2.75) is 33.8 Å². The van der Waals surface area contributed by atoms with Crippen LogP contribution in [-0.2, 0) is 4.74 Å². The summed E-state index contributed by atoms with van der Waals surface area (Å²) in [6.07, 6.45) is -0.241. The van der Waals surface area contributed by atoms with Crippen molar-refractivity contribution in [2.75, 3.05) is 0 Å². The van der Waals surface area contributed by atoms with Crippen molar-refractivity contribution in [1.82, 2.24) is 4.98 Å². The first kappa shape index (κ1) is 14.2. The van der Waals surface area contributed by atoms with Gasteiger partial charge in [0.25, 0.3) is 0 Å². The summed E-state index contributed by atoms with van der Waals surface area (Å²) in [4.78, 5) is 28.6. The van der Waals surface area contributed by atoms with Gasteiger partial charge in [-0.05, 0) is 33.8 Å². The van der Waals surface area contributed by atoms with Crippen molar-refractivity contribution in [3.63, 3.8) is 0 Å². The van der Waals surface area contributed by atoms with Crippen LogP contribution in [0.1, 0.15) is 47.2 Å². The summed E-state index contributed by atoms with van der Waals surface area (Å²) < 4.78 is 5.27. The largest absolute Gasteiger partial charge is 0.459 e. The van der Waals surface area contributed by atoms with Gasteiger partial charge in [-0.3, -0.25) is 9.78 Å². The molecular formula is C16H17NO3. The van der Waals surface area contributed by atoms with E-state index in [4.69, 9.17) is 4.74 Å². The Hall–Kier alpha value is -2.23. The molecule has 0 unspecified atom stereocenters. The Morgan fingerprint density at radius 2 is 1.80 bits per heavy atom. The predicted octanol–water partition coefficient (Wildman–Crippen LogP) is 3.31. The third-order valence-electron chi connectivity index (χ3n) is 2.97. The molecule has 0 spiro atoms. The van der Waals surface area contributed by atoms with Crippen LogP contribution < -0.4 is 0 Å². The fraction of sp³-hybridized carbons (Fsp3) is 0.312. The number of ether oxygens (including phenoxy) is 1. The molecule has 0 fully saturated rings. The van der Waals surface area contributed by atoms with Gasteiger partial charge in [0.2, 0.25) is 0 Å². The second kappa shape index (κ2) is 5.41. The van der Waals surface area contributed by atoms with Crippen LogP contribution in [0.2, 0.25) is 0 Å². The Morgan fingerprint density at radius 3 is 2.40 bits per heavy atom. The molecule has 0 N–H and O–H groups in total. The summed E-state index contributed by atoms with van der Waals surface area (Å²) in [6.45, 7) is 6.73. The number of fused-ring (bicyclic) bond motifs is 1. The summed E-state index contributed by atoms with van der Waals surface area (Å²) in [5.41, 5.74) is 1.89. The number of pyridine rings is 1. The van der Waals surface area contributed by atoms with Gasteiger partial charge in [0.05, 0.1) is 22.7 Å². The zero-order valence-electron chi connectivity index (χ0n) is 12.1. The Bertz CT molecular complexity index is 689. The van der Waals surface area contributed by atoms with Crippen LogP contribution in [-0.4, -0.2) is 22.8 Å². The third kappa shape index (κ3) is 2.54. The number of ketones is 1. The van der Waals surface area contributed by atoms with Crippen molar-refractivity contribution in [3.05, 3.63) is 41.1 Å². The second-order valence-corrected chi connectivity index (χ2v) is 4.97. The minimum atomic E-state index is -0.480. The van der Waals surface area contributed by atoms with Crippen LogP contribution in [0.25, 0.3) is 10.9 Å². The fourth-order valence-electron chi connectivity index (χ4n) is 2.25. The van der Waals surface area contributed by atoms with Gasteiger partial charge in [0.1, 0.15) is 0 Å². The number of Topliss-reactive ketones (excluding diaryl/α,β-unsaturated/α-hetero) is 1. The fourth-order valence-corrected chi connectivity index (χ4v) is 2.25. The minimum Gasteiger partial charge on any atom is -0.459 e. The Labute approximate surface area is 117 Å². The van der Waals surface area contributed by atoms with E-state index in [9.17, 15) is 9.59 Å². The van der Waals surface area contributed by atoms with Crippen molar-refractivity contribution in [1.29, 1.82) is 0 Å². The van der Waals surface area contributed by atoms with Gasteiger partial charge in [-0.2, -0.15) is 0 Å². The first-order valence-electron chi connectivity index (χ1n) is 6.53. The quantitative estimate of drug-likeness (QED) is 0.634. The number of aromatic nitrogens is 1. The number of para-hydroxylation sites is 1. The Balaban J connectivity index is 2.79. The number of aryl methyl sites for hydroxylation is 1. The number of benzene rings is 1. The molecule has 0 amide bonds. The van der Waals surface area contributed by atoms with Gasteiger partial charge in [0.15, 0.2) is 5.78 Å². The standard InChI is InChI=1S/C16H17NO3/c1-9(2)20-16(19)15-12-7-5-6-8-13(12)17-10(3)14(15)11(4)18/h5-9H,1-4H3. The number of carbonyl (C=O) groups is 2. The molecule has 4 nitrogen and oxygen atoms in total. The highest BCUT2D eigenvalue weighted by molar-refractivity contribution is 6.13. The maximum absolute atomic E-state index is 12.3. The molecular weight excluding hydrogens is 254 g/mol. The zero-order chi connectivity index (χ0) is 14.9. The first-order chi connectivity index (χ1) is 9.41. The number of esters is 1. The smallest absolute Gasteiger partial charge is 0.339 e. The highest BCUT2D eigenvalue weighted by atomic mass is 16.5. The van der Waals surface area contributed by atoms with Crippen LogP contribution in [0, 0.1) is 6.92 Å². The van der Waals surface area contributed by atoms with E-state index >= 15 is 0 Å². The number of hydrogen-bond donors (Lipinski definition) is 0. The molecule has 1 aromatic heterocycles. The summed E-state index contributed by atoms with van der Waals surface area (Å²) in [6, 6.07) is 7.26. The molecule has 0 aliphatic rings. The lowest BCUT2D eigenvalue weighted by Crippen LogP contribution is -2.17. The van der Waals surface area contributed by atoms with E-state index in [1.165, 1.54) is 6.92 Å². The van der Waals surface area contributed by atoms with Crippen LogP contribution in [0.3, 0.4) is 0 Å². The monoisotopic (exact) mass is 271 g/mol. The molecule has 20 heavy (non-hydrogen) atoms. The van der Waals surface area contributed by atoms with Crippen molar-refractivity contribution < 1.29 is 14.3 Å². The molecule has 2 aromatic rings. The average Bonchev–Trinajstić information content (AvgIpc) is 2.35. The Kier molecular flexibility index (Phi) is 3.84. The maximum Gasteiger partial charge on any atom is 0.339 e. The van der Waals surface area contributed by atoms with E-state index in [-0.39, 0.29) is 11.9 Å². The van der Waals surface area contributed by atoms with E-state index in [2.05, 4.69) is 4.98 Å². The summed E-state index contributed by atoms with van der Waals surface area (Å²) in [7, 11) is 0. The van der Waals surface area contributed by atoms with E-state index in [0.29, 0.717) is 27.7 Å². The normalized spacial score (nSPS) is 10.8. The maximum atomic E-state index is 12.3. The molecule has 0 radical (unpaired) electrons. The van der Waals surface area contributed by atoms with Crippen LogP contribution in [0.4, 0.5) is 0 Å². The second-order valence-electron chi connectivity index (χ2n) is 4.97. The van der Waals surface area contributed by atoms with Crippen LogP contribution in [0.15, 0.2) is 24.3 Å². The van der Waals surface area contributed by atoms with Crippen molar-refractivity contribution in [3.8, 4) is 0 Å². The van der Waals surface area contributed by atoms with Crippen LogP contribution >= 0.6 is 0 Å². The third-order valence-corrected chi connectivity index (χ3v) is 2.97. The van der Waals surface area contributed by atoms with Gasteiger partial charge in [-0.1, -0.05) is 18.2 Å². The zero-order valence-corrected chi connectivity index (χ0v) is 12.1. The average molecular weight is 271 g/mol. The molecule has 4 heteroatoms. The number of carbonyl (C=O) groups excluding carboxylic acids is 2. The highest BCUT2D eigenvalue weighted by Gasteiger charge is 2.23.